The number of likely N-dealkylation sites (N-methyl/N-ethyl adjacent to an activating group) is 7. The number of nitrogens with zero attached hydrogens (tertiary/aromatic N) is 7. The van der Waals surface area contributed by atoms with Gasteiger partial charge in [-0.3, -0.25) is 57.5 Å². The first kappa shape index (κ1) is 76.6. The number of ketones is 1. The molecule has 11 atom stereocenters. The predicted octanol–water partition coefficient (Wildman–Crippen LogP) is 3.48. The Labute approximate surface area is 508 Å². The van der Waals surface area contributed by atoms with E-state index in [1.54, 1.807) is 60.6 Å². The van der Waals surface area contributed by atoms with Crippen molar-refractivity contribution in [2.45, 2.75) is 217 Å². The van der Waals surface area contributed by atoms with Gasteiger partial charge in [-0.25, -0.2) is 0 Å². The Morgan fingerprint density at radius 1 is 0.471 bits per heavy atom. The lowest BCUT2D eigenvalue weighted by molar-refractivity contribution is -0.157. The van der Waals surface area contributed by atoms with Crippen molar-refractivity contribution in [3.05, 3.63) is 12.2 Å². The summed E-state index contributed by atoms with van der Waals surface area (Å²) in [6, 6.07) is -12.7. The van der Waals surface area contributed by atoms with E-state index < -0.39 is 155 Å². The fraction of sp³-hybridized carbons (Fsp3) is 0.774. The molecule has 0 saturated carbocycles. The molecule has 0 radical (unpaired) electrons. The van der Waals surface area contributed by atoms with Crippen LogP contribution in [0.2, 0.25) is 0 Å². The highest BCUT2D eigenvalue weighted by Crippen LogP contribution is 2.25. The van der Waals surface area contributed by atoms with Gasteiger partial charge in [-0.2, -0.15) is 0 Å². The molecule has 23 heteroatoms. The number of Topliss-reactive ketones (excluding diaryl/α,β-unsaturated/α-hetero) is 1. The summed E-state index contributed by atoms with van der Waals surface area (Å²) in [6.45, 7) is 29.0. The molecule has 0 aromatic rings. The molecule has 23 nitrogen and oxygen atoms in total. The first-order valence-electron chi connectivity index (χ1n) is 30.4. The first-order valence-corrected chi connectivity index (χ1v) is 30.4. The zero-order valence-electron chi connectivity index (χ0n) is 55.9. The van der Waals surface area contributed by atoms with E-state index in [1.165, 1.54) is 87.7 Å². The molecule has 1 aliphatic heterocycles. The summed E-state index contributed by atoms with van der Waals surface area (Å²) in [4.78, 5) is 183. The zero-order valence-corrected chi connectivity index (χ0v) is 55.9. The molecule has 1 fully saturated rings. The zero-order chi connectivity index (χ0) is 66.0. The molecule has 1 rings (SSSR count). The van der Waals surface area contributed by atoms with Crippen molar-refractivity contribution < 1.29 is 57.5 Å². The van der Waals surface area contributed by atoms with E-state index in [0.29, 0.717) is 0 Å². The van der Waals surface area contributed by atoms with E-state index in [-0.39, 0.29) is 62.2 Å². The highest BCUT2D eigenvalue weighted by atomic mass is 16.2. The van der Waals surface area contributed by atoms with Crippen molar-refractivity contribution in [1.82, 2.24) is 55.6 Å². The van der Waals surface area contributed by atoms with Gasteiger partial charge in [0.1, 0.15) is 54.4 Å². The number of hydrogen-bond acceptors (Lipinski definition) is 12. The quantitative estimate of drug-likeness (QED) is 0.136. The Morgan fingerprint density at radius 3 is 1.34 bits per heavy atom. The van der Waals surface area contributed by atoms with Gasteiger partial charge in [0.2, 0.25) is 59.1 Å². The number of carbonyl (C=O) groups excluding carboxylic acids is 12. The third-order valence-electron chi connectivity index (χ3n) is 15.9. The van der Waals surface area contributed by atoms with E-state index in [1.807, 2.05) is 55.4 Å². The van der Waals surface area contributed by atoms with Crippen LogP contribution >= 0.6 is 0 Å². The summed E-state index contributed by atoms with van der Waals surface area (Å²) in [5.41, 5.74) is 0. The van der Waals surface area contributed by atoms with Crippen LogP contribution in [0.15, 0.2) is 12.2 Å². The summed E-state index contributed by atoms with van der Waals surface area (Å²) in [5.74, 6) is -10.9. The first-order chi connectivity index (χ1) is 39.2. The van der Waals surface area contributed by atoms with Crippen LogP contribution in [0.3, 0.4) is 0 Å². The van der Waals surface area contributed by atoms with Gasteiger partial charge in [0, 0.05) is 55.3 Å². The lowest BCUT2D eigenvalue weighted by atomic mass is 9.92. The number of rotatable bonds is 15. The second-order valence-corrected chi connectivity index (χ2v) is 25.9. The van der Waals surface area contributed by atoms with Crippen molar-refractivity contribution >= 4 is 70.8 Å². The standard InChI is InChI=1S/C62H109N11O12/c1-25-27-28-40(15)52(75)51-56(79)65-43(26-2)58(81)67(18)33-48(74)68(19)44(29-34(3)4)55(78)66-49(38(11)12)61(84)69(20)45(30-35(5)6)54(77)63-41(16)53(76)64-42(17)57(80)70(21)46(31-36(7)8)59(82)71(22)47(32-37(9)10)60(83)72(23)50(39(13)14)62(85)73(51)24/h25,27,34-47,49-51H,26,28-33H2,1-24H3,(H,63,77)(H,64,76)(H,65,79)(H,66,78)/b27-25+/t40-,41+,42-,43+,44+,45+,46+,47+,49+,50+,51+/m1/s1. The monoisotopic (exact) mass is 1200 g/mol. The number of carbonyl (C=O) groups is 12. The van der Waals surface area contributed by atoms with Crippen molar-refractivity contribution in [2.24, 2.45) is 41.4 Å². The lowest BCUT2D eigenvalue weighted by Crippen LogP contribution is -2.63. The summed E-state index contributed by atoms with van der Waals surface area (Å²) >= 11 is 0. The van der Waals surface area contributed by atoms with E-state index in [4.69, 9.17) is 0 Å². The molecule has 1 heterocycles. The average molecular weight is 1200 g/mol. The Balaban J connectivity index is 4.32. The highest BCUT2D eigenvalue weighted by molar-refractivity contribution is 6.10. The third kappa shape index (κ3) is 21.5. The molecule has 1 aliphatic rings. The normalized spacial score (nSPS) is 26.5. The molecule has 0 unspecified atom stereocenters. The Hall–Kier alpha value is -6.42. The maximum absolute atomic E-state index is 15.1. The van der Waals surface area contributed by atoms with Gasteiger partial charge < -0.3 is 55.6 Å². The second kappa shape index (κ2) is 34.7. The van der Waals surface area contributed by atoms with Crippen molar-refractivity contribution in [3.63, 3.8) is 0 Å². The van der Waals surface area contributed by atoms with Crippen LogP contribution in [0, 0.1) is 41.4 Å². The maximum atomic E-state index is 15.1. The number of nitrogens with one attached hydrogen (secondary N) is 4. The molecule has 484 valence electrons. The van der Waals surface area contributed by atoms with E-state index >= 15 is 9.59 Å². The van der Waals surface area contributed by atoms with Gasteiger partial charge >= 0.3 is 0 Å². The molecule has 85 heavy (non-hydrogen) atoms. The van der Waals surface area contributed by atoms with Crippen LogP contribution in [0.4, 0.5) is 0 Å². The fourth-order valence-electron chi connectivity index (χ4n) is 10.5. The lowest BCUT2D eigenvalue weighted by Gasteiger charge is -2.40. The van der Waals surface area contributed by atoms with Crippen LogP contribution in [-0.4, -0.2) is 221 Å². The molecule has 4 N–H and O–H groups in total. The molecule has 11 amide bonds. The summed E-state index contributed by atoms with van der Waals surface area (Å²) in [6.07, 6.45) is 4.28. The van der Waals surface area contributed by atoms with Crippen LogP contribution < -0.4 is 21.3 Å². The Kier molecular flexibility index (Phi) is 31.2. The van der Waals surface area contributed by atoms with E-state index in [9.17, 15) is 47.9 Å². The van der Waals surface area contributed by atoms with E-state index in [2.05, 4.69) is 21.3 Å². The molecule has 0 aromatic heterocycles. The summed E-state index contributed by atoms with van der Waals surface area (Å²) in [5, 5.41) is 10.9. The number of allylic oxidation sites excluding steroid dienone is 2. The van der Waals surface area contributed by atoms with E-state index in [0.717, 1.165) is 9.80 Å². The van der Waals surface area contributed by atoms with Gasteiger partial charge in [-0.1, -0.05) is 109 Å². The predicted molar refractivity (Wildman–Crippen MR) is 327 cm³/mol. The molecular formula is C62H109N11O12. The molecule has 0 aromatic carbocycles. The van der Waals surface area contributed by atoms with Gasteiger partial charge in [0.15, 0.2) is 11.8 Å². The van der Waals surface area contributed by atoms with Crippen molar-refractivity contribution in [1.29, 1.82) is 0 Å². The van der Waals surface area contributed by atoms with Crippen LogP contribution in [0.25, 0.3) is 0 Å². The molecule has 0 bridgehead atoms. The third-order valence-corrected chi connectivity index (χ3v) is 15.9. The molecule has 0 spiro atoms. The fourth-order valence-corrected chi connectivity index (χ4v) is 10.5. The minimum absolute atomic E-state index is 0.00680. The summed E-state index contributed by atoms with van der Waals surface area (Å²) < 4.78 is 0. The van der Waals surface area contributed by atoms with Gasteiger partial charge in [0.05, 0.1) is 6.54 Å². The SMILES string of the molecule is C/C=C/C[C@@H](C)C(=O)[C@H]1C(=O)N[C@@H](CC)C(=O)N(C)CC(=O)N(C)[C@@H](CC(C)C)C(=O)N[C@@H](C(C)C)C(=O)N(C)[C@@H](CC(C)C)C(=O)N[C@@H](C)C(=O)N[C@H](C)C(=O)N(C)[C@@H](CC(C)C)C(=O)N(C)[C@@H](CC(C)C)C(=O)N(C)[C@@H](C(C)C)C(=O)N1C. The highest BCUT2D eigenvalue weighted by Gasteiger charge is 2.45. The minimum Gasteiger partial charge on any atom is -0.343 e. The van der Waals surface area contributed by atoms with Gasteiger partial charge in [-0.05, 0) is 94.8 Å². The van der Waals surface area contributed by atoms with Crippen molar-refractivity contribution in [2.75, 3.05) is 55.9 Å². The molecule has 0 aliphatic carbocycles. The maximum Gasteiger partial charge on any atom is 0.251 e. The number of hydrogen-bond donors (Lipinski definition) is 4. The smallest absolute Gasteiger partial charge is 0.251 e. The summed E-state index contributed by atoms with van der Waals surface area (Å²) in [7, 11) is 9.78. The average Bonchev–Trinajstić information content (AvgIpc) is 3.62. The topological polar surface area (TPSA) is 276 Å². The molecular weight excluding hydrogens is 1090 g/mol. The largest absolute Gasteiger partial charge is 0.343 e. The van der Waals surface area contributed by atoms with Gasteiger partial charge in [0.25, 0.3) is 5.91 Å². The Morgan fingerprint density at radius 2 is 0.894 bits per heavy atom. The number of amides is 11. The minimum atomic E-state index is -1.80. The van der Waals surface area contributed by atoms with Crippen molar-refractivity contribution in [3.8, 4) is 0 Å². The Bertz CT molecular complexity index is 2370. The van der Waals surface area contributed by atoms with Gasteiger partial charge in [-0.15, -0.1) is 0 Å². The molecule has 1 saturated heterocycles. The van der Waals surface area contributed by atoms with Crippen LogP contribution in [0.5, 0.6) is 0 Å². The van der Waals surface area contributed by atoms with Crippen LogP contribution in [-0.2, 0) is 57.5 Å². The van der Waals surface area contributed by atoms with Crippen LogP contribution in [0.1, 0.15) is 156 Å². The second-order valence-electron chi connectivity index (χ2n) is 25.9.